The Hall–Kier alpha value is -2.27. The first-order chi connectivity index (χ1) is 10.0. The van der Waals surface area contributed by atoms with Crippen LogP contribution in [0.3, 0.4) is 0 Å². The van der Waals surface area contributed by atoms with E-state index in [4.69, 9.17) is 26.8 Å². The monoisotopic (exact) mass is 309 g/mol. The number of rotatable bonds is 4. The van der Waals surface area contributed by atoms with Crippen LogP contribution in [0.1, 0.15) is 17.3 Å². The summed E-state index contributed by atoms with van der Waals surface area (Å²) in [6.07, 6.45) is 0. The average Bonchev–Trinajstić information content (AvgIpc) is 2.45. The van der Waals surface area contributed by atoms with Crippen LogP contribution in [0.4, 0.5) is 10.1 Å². The smallest absolute Gasteiger partial charge is 0.338 e. The molecule has 0 aliphatic heterocycles. The first kappa shape index (κ1) is 15.1. The molecule has 0 aromatic heterocycles. The number of hydrogen-bond donors (Lipinski definition) is 1. The Morgan fingerprint density at radius 3 is 2.71 bits per heavy atom. The molecule has 2 N–H and O–H groups in total. The fourth-order valence-electron chi connectivity index (χ4n) is 1.63. The number of esters is 1. The van der Waals surface area contributed by atoms with E-state index in [2.05, 4.69) is 0 Å². The molecular formula is C15H13ClFNO3. The minimum absolute atomic E-state index is 0.00408. The molecular weight excluding hydrogens is 297 g/mol. The van der Waals surface area contributed by atoms with Crippen LogP contribution >= 0.6 is 11.6 Å². The number of ether oxygens (including phenoxy) is 2. The van der Waals surface area contributed by atoms with E-state index in [-0.39, 0.29) is 23.1 Å². The second kappa shape index (κ2) is 6.45. The van der Waals surface area contributed by atoms with Crippen molar-refractivity contribution in [3.63, 3.8) is 0 Å². The first-order valence-electron chi connectivity index (χ1n) is 6.20. The molecule has 0 fully saturated rings. The minimum atomic E-state index is -0.603. The van der Waals surface area contributed by atoms with Crippen molar-refractivity contribution in [2.45, 2.75) is 6.92 Å². The lowest BCUT2D eigenvalue weighted by Crippen LogP contribution is -2.05. The Morgan fingerprint density at radius 2 is 2.05 bits per heavy atom. The number of benzene rings is 2. The van der Waals surface area contributed by atoms with Crippen LogP contribution in [-0.2, 0) is 4.74 Å². The van der Waals surface area contributed by atoms with Crippen LogP contribution in [0.25, 0.3) is 0 Å². The van der Waals surface area contributed by atoms with Gasteiger partial charge in [-0.3, -0.25) is 0 Å². The van der Waals surface area contributed by atoms with Crippen LogP contribution in [0.15, 0.2) is 36.4 Å². The van der Waals surface area contributed by atoms with E-state index in [1.54, 1.807) is 6.92 Å². The van der Waals surface area contributed by atoms with E-state index < -0.39 is 11.8 Å². The molecule has 0 radical (unpaired) electrons. The van der Waals surface area contributed by atoms with Gasteiger partial charge in [0.05, 0.1) is 22.9 Å². The van der Waals surface area contributed by atoms with Gasteiger partial charge in [-0.2, -0.15) is 0 Å². The highest BCUT2D eigenvalue weighted by Gasteiger charge is 2.11. The van der Waals surface area contributed by atoms with Crippen LogP contribution in [0.2, 0.25) is 5.02 Å². The van der Waals surface area contributed by atoms with Gasteiger partial charge in [0.15, 0.2) is 5.75 Å². The third kappa shape index (κ3) is 3.64. The highest BCUT2D eigenvalue weighted by molar-refractivity contribution is 6.30. The number of carbonyl (C=O) groups is 1. The maximum atomic E-state index is 13.4. The van der Waals surface area contributed by atoms with Crippen molar-refractivity contribution in [1.29, 1.82) is 0 Å². The van der Waals surface area contributed by atoms with E-state index >= 15 is 0 Å². The lowest BCUT2D eigenvalue weighted by Gasteiger charge is -2.10. The molecule has 2 aromatic carbocycles. The maximum absolute atomic E-state index is 13.4. The van der Waals surface area contributed by atoms with Gasteiger partial charge >= 0.3 is 5.97 Å². The summed E-state index contributed by atoms with van der Waals surface area (Å²) in [6.45, 7) is 1.98. The van der Waals surface area contributed by atoms with E-state index in [0.717, 1.165) is 6.07 Å². The zero-order valence-electron chi connectivity index (χ0n) is 11.2. The summed E-state index contributed by atoms with van der Waals surface area (Å²) in [5.41, 5.74) is 6.40. The van der Waals surface area contributed by atoms with Gasteiger partial charge in [0.1, 0.15) is 11.6 Å². The molecule has 0 heterocycles. The molecule has 0 atom stereocenters. The van der Waals surface area contributed by atoms with Crippen LogP contribution < -0.4 is 10.5 Å². The second-order valence-electron chi connectivity index (χ2n) is 4.15. The topological polar surface area (TPSA) is 61.5 Å². The van der Waals surface area contributed by atoms with Gasteiger partial charge in [0, 0.05) is 6.07 Å². The van der Waals surface area contributed by atoms with E-state index in [9.17, 15) is 9.18 Å². The third-order valence-corrected chi connectivity index (χ3v) is 2.95. The highest BCUT2D eigenvalue weighted by Crippen LogP contribution is 2.30. The van der Waals surface area contributed by atoms with Gasteiger partial charge in [-0.05, 0) is 37.3 Å². The molecule has 0 unspecified atom stereocenters. The van der Waals surface area contributed by atoms with Crippen LogP contribution in [0, 0.1) is 5.82 Å². The van der Waals surface area contributed by atoms with Gasteiger partial charge in [-0.15, -0.1) is 0 Å². The Bertz CT molecular complexity index is 676. The number of hydrogen-bond acceptors (Lipinski definition) is 4. The summed E-state index contributed by atoms with van der Waals surface area (Å²) in [4.78, 5) is 11.7. The van der Waals surface area contributed by atoms with Crippen LogP contribution in [-0.4, -0.2) is 12.6 Å². The average molecular weight is 310 g/mol. The molecule has 2 rings (SSSR count). The predicted octanol–water partition coefficient (Wildman–Crippen LogP) is 4.03. The summed E-state index contributed by atoms with van der Waals surface area (Å²) in [5, 5.41) is -0.00408. The summed E-state index contributed by atoms with van der Waals surface area (Å²) in [7, 11) is 0. The SMILES string of the molecule is CCOC(=O)c1ccc(N)c(Oc2ccc(Cl)c(F)c2)c1. The maximum Gasteiger partial charge on any atom is 0.338 e. The molecule has 0 spiro atoms. The van der Waals surface area contributed by atoms with Crippen molar-refractivity contribution >= 4 is 23.3 Å². The molecule has 110 valence electrons. The molecule has 0 saturated heterocycles. The summed E-state index contributed by atoms with van der Waals surface area (Å²) in [6, 6.07) is 8.51. The van der Waals surface area contributed by atoms with Crippen molar-refractivity contribution in [3.05, 3.63) is 52.8 Å². The lowest BCUT2D eigenvalue weighted by molar-refractivity contribution is 0.0526. The molecule has 0 bridgehead atoms. The van der Waals surface area contributed by atoms with Crippen molar-refractivity contribution in [3.8, 4) is 11.5 Å². The fourth-order valence-corrected chi connectivity index (χ4v) is 1.75. The molecule has 2 aromatic rings. The number of carbonyl (C=O) groups excluding carboxylic acids is 1. The second-order valence-corrected chi connectivity index (χ2v) is 4.56. The largest absolute Gasteiger partial charge is 0.462 e. The third-order valence-electron chi connectivity index (χ3n) is 2.64. The van der Waals surface area contributed by atoms with Crippen molar-refractivity contribution < 1.29 is 18.7 Å². The summed E-state index contributed by atoms with van der Waals surface area (Å²) < 4.78 is 23.8. The van der Waals surface area contributed by atoms with E-state index in [0.29, 0.717) is 11.3 Å². The molecule has 6 heteroatoms. The van der Waals surface area contributed by atoms with Crippen molar-refractivity contribution in [1.82, 2.24) is 0 Å². The van der Waals surface area contributed by atoms with E-state index in [1.165, 1.54) is 30.3 Å². The zero-order valence-corrected chi connectivity index (χ0v) is 12.0. The molecule has 0 aliphatic rings. The number of nitrogens with two attached hydrogens (primary N) is 1. The lowest BCUT2D eigenvalue weighted by atomic mass is 10.2. The van der Waals surface area contributed by atoms with Crippen molar-refractivity contribution in [2.75, 3.05) is 12.3 Å². The van der Waals surface area contributed by atoms with Gasteiger partial charge in [0.25, 0.3) is 0 Å². The Kier molecular flexibility index (Phi) is 4.65. The zero-order chi connectivity index (χ0) is 15.4. The quantitative estimate of drug-likeness (QED) is 0.684. The molecule has 4 nitrogen and oxygen atoms in total. The van der Waals surface area contributed by atoms with E-state index in [1.807, 2.05) is 0 Å². The summed E-state index contributed by atoms with van der Waals surface area (Å²) >= 11 is 5.60. The Morgan fingerprint density at radius 1 is 1.29 bits per heavy atom. The molecule has 0 amide bonds. The minimum Gasteiger partial charge on any atom is -0.462 e. The fraction of sp³-hybridized carbons (Fsp3) is 0.133. The Balaban J connectivity index is 2.28. The summed E-state index contributed by atoms with van der Waals surface area (Å²) in [5.74, 6) is -0.620. The number of nitrogen functional groups attached to an aromatic ring is 1. The van der Waals surface area contributed by atoms with Crippen LogP contribution in [0.5, 0.6) is 11.5 Å². The van der Waals surface area contributed by atoms with Gasteiger partial charge < -0.3 is 15.2 Å². The molecule has 0 aliphatic carbocycles. The molecule has 0 saturated carbocycles. The molecule has 21 heavy (non-hydrogen) atoms. The number of anilines is 1. The van der Waals surface area contributed by atoms with Gasteiger partial charge in [0.2, 0.25) is 0 Å². The predicted molar refractivity (Wildman–Crippen MR) is 78.3 cm³/mol. The van der Waals surface area contributed by atoms with Gasteiger partial charge in [-0.1, -0.05) is 11.6 Å². The van der Waals surface area contributed by atoms with Gasteiger partial charge in [-0.25, -0.2) is 9.18 Å². The first-order valence-corrected chi connectivity index (χ1v) is 6.58. The normalized spacial score (nSPS) is 10.2. The van der Waals surface area contributed by atoms with Crippen molar-refractivity contribution in [2.24, 2.45) is 0 Å². The standard InChI is InChI=1S/C15H13ClFNO3/c1-2-20-15(19)9-3-6-13(18)14(7-9)21-10-4-5-11(16)12(17)8-10/h3-8H,2,18H2,1H3. The highest BCUT2D eigenvalue weighted by atomic mass is 35.5. The Labute approximate surface area is 126 Å². The number of halogens is 2.